The lowest BCUT2D eigenvalue weighted by atomic mass is 9.77. The zero-order valence-corrected chi connectivity index (χ0v) is 13.8. The second-order valence-electron chi connectivity index (χ2n) is 6.65. The number of hydrogen-bond donors (Lipinski definition) is 1. The van der Waals surface area contributed by atoms with Gasteiger partial charge >= 0.3 is 7.12 Å². The molecule has 0 spiro atoms. The maximum absolute atomic E-state index is 9.68. The number of nitrogens with zero attached hydrogens (tertiary/aromatic N) is 1. The molecule has 1 saturated heterocycles. The topological polar surface area (TPSA) is 62.5 Å². The van der Waals surface area contributed by atoms with Crippen LogP contribution in [-0.2, 0) is 9.31 Å². The number of benzene rings is 1. The molecule has 0 amide bonds. The van der Waals surface area contributed by atoms with Gasteiger partial charge in [0.1, 0.15) is 0 Å². The van der Waals surface area contributed by atoms with Gasteiger partial charge in [-0.1, -0.05) is 18.2 Å². The predicted octanol–water partition coefficient (Wildman–Crippen LogP) is 2.87. The Kier molecular flexibility index (Phi) is 4.48. The Morgan fingerprint density at radius 3 is 2.36 bits per heavy atom. The summed E-state index contributed by atoms with van der Waals surface area (Å²) in [6.45, 7) is 9.63. The van der Waals surface area contributed by atoms with Crippen LogP contribution in [0.25, 0.3) is 6.08 Å². The van der Waals surface area contributed by atoms with Crippen molar-refractivity contribution in [3.05, 3.63) is 40.4 Å². The lowest BCUT2D eigenvalue weighted by Gasteiger charge is -2.32. The van der Waals surface area contributed by atoms with E-state index < -0.39 is 18.3 Å². The minimum absolute atomic E-state index is 0.160. The van der Waals surface area contributed by atoms with Gasteiger partial charge in [0.15, 0.2) is 0 Å². The van der Waals surface area contributed by atoms with Crippen molar-refractivity contribution < 1.29 is 14.4 Å². The summed E-state index contributed by atoms with van der Waals surface area (Å²) in [5.74, 6) is 0. The highest BCUT2D eigenvalue weighted by Gasteiger charge is 2.52. The normalized spacial score (nSPS) is 20.0. The average Bonchev–Trinajstić information content (AvgIpc) is 2.66. The standard InChI is InChI=1S/C17H22BNO3/c1-12-6-7-13(8-14(12)10-19)9-15(11-20)18-21-16(2,3)17(4,5)22-18/h6-9,20H,11H2,1-5H3. The molecule has 1 N–H and O–H groups in total. The first-order valence-electron chi connectivity index (χ1n) is 7.38. The third-order valence-electron chi connectivity index (χ3n) is 4.47. The van der Waals surface area contributed by atoms with Gasteiger partial charge < -0.3 is 14.4 Å². The molecule has 0 aliphatic carbocycles. The summed E-state index contributed by atoms with van der Waals surface area (Å²) in [6.07, 6.45) is 1.82. The van der Waals surface area contributed by atoms with E-state index in [4.69, 9.17) is 14.6 Å². The van der Waals surface area contributed by atoms with Gasteiger partial charge in [0.2, 0.25) is 0 Å². The van der Waals surface area contributed by atoms with E-state index in [-0.39, 0.29) is 6.61 Å². The van der Waals surface area contributed by atoms with Crippen LogP contribution in [0.1, 0.15) is 44.4 Å². The number of hydrogen-bond acceptors (Lipinski definition) is 4. The Labute approximate surface area is 132 Å². The summed E-state index contributed by atoms with van der Waals surface area (Å²) in [5, 5.41) is 18.8. The molecule has 1 aliphatic rings. The summed E-state index contributed by atoms with van der Waals surface area (Å²) in [7, 11) is -0.582. The molecular formula is C17H22BNO3. The highest BCUT2D eigenvalue weighted by Crippen LogP contribution is 2.38. The smallest absolute Gasteiger partial charge is 0.400 e. The van der Waals surface area contributed by atoms with Gasteiger partial charge in [-0.2, -0.15) is 5.26 Å². The molecule has 22 heavy (non-hydrogen) atoms. The van der Waals surface area contributed by atoms with Crippen molar-refractivity contribution in [1.82, 2.24) is 0 Å². The lowest BCUT2D eigenvalue weighted by molar-refractivity contribution is 0.00578. The maximum atomic E-state index is 9.68. The Bertz CT molecular complexity index is 628. The van der Waals surface area contributed by atoms with Crippen LogP contribution in [0.3, 0.4) is 0 Å². The monoisotopic (exact) mass is 299 g/mol. The molecule has 0 saturated carbocycles. The number of rotatable bonds is 3. The third kappa shape index (κ3) is 3.10. The van der Waals surface area contributed by atoms with Crippen LogP contribution in [0.15, 0.2) is 23.7 Å². The first-order valence-corrected chi connectivity index (χ1v) is 7.38. The summed E-state index contributed by atoms with van der Waals surface area (Å²) >= 11 is 0. The average molecular weight is 299 g/mol. The molecule has 1 aromatic rings. The van der Waals surface area contributed by atoms with E-state index in [2.05, 4.69) is 6.07 Å². The maximum Gasteiger partial charge on any atom is 0.492 e. The molecule has 1 aliphatic heterocycles. The van der Waals surface area contributed by atoms with E-state index in [1.807, 2.05) is 52.8 Å². The number of aryl methyl sites for hydroxylation is 1. The first kappa shape index (κ1) is 16.8. The highest BCUT2D eigenvalue weighted by molar-refractivity contribution is 6.55. The summed E-state index contributed by atoms with van der Waals surface area (Å²) in [4.78, 5) is 0. The van der Waals surface area contributed by atoms with Gasteiger partial charge in [-0.3, -0.25) is 0 Å². The van der Waals surface area contributed by atoms with E-state index in [1.165, 1.54) is 0 Å². The Balaban J connectivity index is 2.32. The van der Waals surface area contributed by atoms with Crippen molar-refractivity contribution in [2.75, 3.05) is 6.61 Å². The van der Waals surface area contributed by atoms with Gasteiger partial charge in [0, 0.05) is 0 Å². The Morgan fingerprint density at radius 2 is 1.86 bits per heavy atom. The summed E-state index contributed by atoms with van der Waals surface area (Å²) in [5.41, 5.74) is 2.15. The van der Waals surface area contributed by atoms with Crippen molar-refractivity contribution in [2.45, 2.75) is 45.8 Å². The van der Waals surface area contributed by atoms with Crippen molar-refractivity contribution in [3.8, 4) is 6.07 Å². The van der Waals surface area contributed by atoms with Crippen LogP contribution in [0.4, 0.5) is 0 Å². The number of aliphatic hydroxyl groups excluding tert-OH is 1. The van der Waals surface area contributed by atoms with E-state index in [0.717, 1.165) is 11.1 Å². The second kappa shape index (κ2) is 5.88. The van der Waals surface area contributed by atoms with Crippen LogP contribution in [0.2, 0.25) is 0 Å². The minimum atomic E-state index is -0.582. The predicted molar refractivity (Wildman–Crippen MR) is 87.0 cm³/mol. The van der Waals surface area contributed by atoms with Gasteiger partial charge in [0.25, 0.3) is 0 Å². The number of aliphatic hydroxyl groups is 1. The molecule has 2 rings (SSSR count). The molecular weight excluding hydrogens is 277 g/mol. The Morgan fingerprint density at radius 1 is 1.27 bits per heavy atom. The highest BCUT2D eigenvalue weighted by atomic mass is 16.7. The third-order valence-corrected chi connectivity index (χ3v) is 4.47. The molecule has 1 fully saturated rings. The van der Waals surface area contributed by atoms with Gasteiger partial charge in [-0.05, 0) is 57.3 Å². The van der Waals surface area contributed by atoms with Crippen LogP contribution < -0.4 is 0 Å². The molecule has 0 aromatic heterocycles. The van der Waals surface area contributed by atoms with Gasteiger partial charge in [-0.25, -0.2) is 0 Å². The van der Waals surface area contributed by atoms with Crippen LogP contribution >= 0.6 is 0 Å². The summed E-state index contributed by atoms with van der Waals surface area (Å²) < 4.78 is 11.9. The molecule has 0 unspecified atom stereocenters. The summed E-state index contributed by atoms with van der Waals surface area (Å²) in [6, 6.07) is 7.78. The lowest BCUT2D eigenvalue weighted by Crippen LogP contribution is -2.41. The van der Waals surface area contributed by atoms with Crippen molar-refractivity contribution in [3.63, 3.8) is 0 Å². The minimum Gasteiger partial charge on any atom is -0.400 e. The number of nitriles is 1. The SMILES string of the molecule is Cc1ccc(C=C(CO)B2OC(C)(C)C(C)(C)O2)cc1C#N. The fourth-order valence-electron chi connectivity index (χ4n) is 2.25. The molecule has 116 valence electrons. The second-order valence-corrected chi connectivity index (χ2v) is 6.65. The quantitative estimate of drug-likeness (QED) is 0.872. The molecule has 1 heterocycles. The molecule has 0 atom stereocenters. The van der Waals surface area contributed by atoms with E-state index in [1.54, 1.807) is 6.07 Å². The zero-order valence-electron chi connectivity index (χ0n) is 13.8. The molecule has 0 bridgehead atoms. The fraction of sp³-hybridized carbons (Fsp3) is 0.471. The van der Waals surface area contributed by atoms with E-state index >= 15 is 0 Å². The van der Waals surface area contributed by atoms with Crippen LogP contribution in [0, 0.1) is 18.3 Å². The molecule has 4 nitrogen and oxygen atoms in total. The molecule has 5 heteroatoms. The Hall–Kier alpha value is -1.61. The van der Waals surface area contributed by atoms with Crippen molar-refractivity contribution in [2.24, 2.45) is 0 Å². The molecule has 0 radical (unpaired) electrons. The zero-order chi connectivity index (χ0) is 16.5. The van der Waals surface area contributed by atoms with E-state index in [0.29, 0.717) is 11.0 Å². The van der Waals surface area contributed by atoms with Crippen molar-refractivity contribution in [1.29, 1.82) is 5.26 Å². The van der Waals surface area contributed by atoms with Crippen LogP contribution in [0.5, 0.6) is 0 Å². The van der Waals surface area contributed by atoms with Gasteiger partial charge in [-0.15, -0.1) is 0 Å². The molecule has 1 aromatic carbocycles. The van der Waals surface area contributed by atoms with Crippen LogP contribution in [-0.4, -0.2) is 30.0 Å². The fourth-order valence-corrected chi connectivity index (χ4v) is 2.25. The van der Waals surface area contributed by atoms with E-state index in [9.17, 15) is 5.11 Å². The van der Waals surface area contributed by atoms with Gasteiger partial charge in [0.05, 0.1) is 29.4 Å². The first-order chi connectivity index (χ1) is 10.2. The largest absolute Gasteiger partial charge is 0.492 e. The van der Waals surface area contributed by atoms with Crippen molar-refractivity contribution >= 4 is 13.2 Å².